The van der Waals surface area contributed by atoms with Crippen LogP contribution in [0.4, 0.5) is 10.5 Å². The van der Waals surface area contributed by atoms with Crippen molar-refractivity contribution in [3.63, 3.8) is 0 Å². The van der Waals surface area contributed by atoms with Crippen LogP contribution in [0.2, 0.25) is 0 Å². The average molecular weight is 337 g/mol. The predicted octanol–water partition coefficient (Wildman–Crippen LogP) is 3.66. The van der Waals surface area contributed by atoms with Crippen LogP contribution in [0.25, 0.3) is 0 Å². The van der Waals surface area contributed by atoms with E-state index in [-0.39, 0.29) is 11.9 Å². The van der Waals surface area contributed by atoms with Gasteiger partial charge in [0.1, 0.15) is 0 Å². The highest BCUT2D eigenvalue weighted by Gasteiger charge is 2.13. The summed E-state index contributed by atoms with van der Waals surface area (Å²) in [4.78, 5) is 25.9. The van der Waals surface area contributed by atoms with Gasteiger partial charge in [-0.1, -0.05) is 36.4 Å². The molecular formula is C20H23N3O2. The molecule has 0 radical (unpaired) electrons. The molecule has 0 bridgehead atoms. The summed E-state index contributed by atoms with van der Waals surface area (Å²) in [5, 5.41) is 5.59. The summed E-state index contributed by atoms with van der Waals surface area (Å²) in [5.41, 5.74) is 2.25. The lowest BCUT2D eigenvalue weighted by molar-refractivity contribution is 0.0956. The van der Waals surface area contributed by atoms with E-state index in [1.807, 2.05) is 37.3 Å². The average Bonchev–Trinajstić information content (AvgIpc) is 2.63. The van der Waals surface area contributed by atoms with Crippen molar-refractivity contribution in [3.8, 4) is 0 Å². The largest absolute Gasteiger partial charge is 0.352 e. The number of urea groups is 1. The van der Waals surface area contributed by atoms with Crippen molar-refractivity contribution in [1.29, 1.82) is 0 Å². The lowest BCUT2D eigenvalue weighted by Gasteiger charge is -2.22. The number of hydrogen-bond donors (Lipinski definition) is 2. The minimum absolute atomic E-state index is 0.127. The quantitative estimate of drug-likeness (QED) is 0.758. The van der Waals surface area contributed by atoms with Crippen LogP contribution in [0.15, 0.2) is 67.3 Å². The summed E-state index contributed by atoms with van der Waals surface area (Å²) in [6, 6.07) is 16.4. The SMILES string of the molecule is C=CCN(Cc1ccccc1)C(=O)Nc1ccc(C(=O)NCC)cc1. The van der Waals surface area contributed by atoms with Crippen molar-refractivity contribution in [2.24, 2.45) is 0 Å². The van der Waals surface area contributed by atoms with Gasteiger partial charge in [-0.25, -0.2) is 4.79 Å². The van der Waals surface area contributed by atoms with E-state index in [0.717, 1.165) is 5.56 Å². The summed E-state index contributed by atoms with van der Waals surface area (Å²) >= 11 is 0. The third kappa shape index (κ3) is 5.49. The van der Waals surface area contributed by atoms with Gasteiger partial charge in [0.05, 0.1) is 0 Å². The molecule has 0 saturated carbocycles. The smallest absolute Gasteiger partial charge is 0.322 e. The Kier molecular flexibility index (Phi) is 6.77. The molecule has 2 N–H and O–H groups in total. The molecule has 0 aliphatic carbocycles. The first-order valence-electron chi connectivity index (χ1n) is 8.23. The summed E-state index contributed by atoms with van der Waals surface area (Å²) in [7, 11) is 0. The number of benzene rings is 2. The molecule has 0 aliphatic heterocycles. The van der Waals surface area contributed by atoms with Crippen LogP contribution in [-0.4, -0.2) is 29.9 Å². The Bertz CT molecular complexity index is 711. The third-order valence-electron chi connectivity index (χ3n) is 3.59. The highest BCUT2D eigenvalue weighted by molar-refractivity contribution is 5.95. The van der Waals surface area contributed by atoms with E-state index in [0.29, 0.717) is 30.9 Å². The number of carbonyl (C=O) groups excluding carboxylic acids is 2. The topological polar surface area (TPSA) is 61.4 Å². The second kappa shape index (κ2) is 9.27. The lowest BCUT2D eigenvalue weighted by atomic mass is 10.2. The second-order valence-electron chi connectivity index (χ2n) is 5.52. The van der Waals surface area contributed by atoms with Crippen molar-refractivity contribution in [2.75, 3.05) is 18.4 Å². The van der Waals surface area contributed by atoms with Crippen molar-refractivity contribution in [1.82, 2.24) is 10.2 Å². The monoisotopic (exact) mass is 337 g/mol. The van der Waals surface area contributed by atoms with Gasteiger partial charge in [0.25, 0.3) is 5.91 Å². The molecule has 0 aromatic heterocycles. The summed E-state index contributed by atoms with van der Waals surface area (Å²) < 4.78 is 0. The number of hydrogen-bond acceptors (Lipinski definition) is 2. The first kappa shape index (κ1) is 18.3. The minimum atomic E-state index is -0.213. The van der Waals surface area contributed by atoms with Gasteiger partial charge in [-0.15, -0.1) is 6.58 Å². The number of amides is 3. The zero-order chi connectivity index (χ0) is 18.1. The van der Waals surface area contributed by atoms with Gasteiger partial charge in [-0.05, 0) is 36.8 Å². The molecule has 0 atom stereocenters. The van der Waals surface area contributed by atoms with Crippen LogP contribution in [0.1, 0.15) is 22.8 Å². The molecule has 25 heavy (non-hydrogen) atoms. The van der Waals surface area contributed by atoms with Crippen molar-refractivity contribution in [3.05, 3.63) is 78.4 Å². The van der Waals surface area contributed by atoms with E-state index in [1.165, 1.54) is 0 Å². The van der Waals surface area contributed by atoms with Gasteiger partial charge in [-0.3, -0.25) is 4.79 Å². The molecule has 0 aliphatic rings. The van der Waals surface area contributed by atoms with E-state index in [9.17, 15) is 9.59 Å². The number of nitrogens with one attached hydrogen (secondary N) is 2. The van der Waals surface area contributed by atoms with Gasteiger partial charge in [0.15, 0.2) is 0 Å². The maximum absolute atomic E-state index is 12.5. The van der Waals surface area contributed by atoms with E-state index >= 15 is 0 Å². The molecule has 0 heterocycles. The van der Waals surface area contributed by atoms with Crippen molar-refractivity contribution >= 4 is 17.6 Å². The molecule has 0 saturated heterocycles. The summed E-state index contributed by atoms with van der Waals surface area (Å²) in [6.45, 7) is 7.10. The zero-order valence-corrected chi connectivity index (χ0v) is 14.4. The molecule has 2 rings (SSSR count). The Balaban J connectivity index is 2.02. The minimum Gasteiger partial charge on any atom is -0.352 e. The van der Waals surface area contributed by atoms with Crippen LogP contribution in [0.5, 0.6) is 0 Å². The fraction of sp³-hybridized carbons (Fsp3) is 0.200. The van der Waals surface area contributed by atoms with Crippen LogP contribution in [0.3, 0.4) is 0 Å². The van der Waals surface area contributed by atoms with Crippen molar-refractivity contribution < 1.29 is 9.59 Å². The zero-order valence-electron chi connectivity index (χ0n) is 14.4. The normalized spacial score (nSPS) is 9.96. The summed E-state index contributed by atoms with van der Waals surface area (Å²) in [6.07, 6.45) is 1.70. The van der Waals surface area contributed by atoms with Gasteiger partial charge >= 0.3 is 6.03 Å². The summed E-state index contributed by atoms with van der Waals surface area (Å²) in [5.74, 6) is -0.127. The fourth-order valence-electron chi connectivity index (χ4n) is 2.35. The molecule has 2 aromatic carbocycles. The van der Waals surface area contributed by atoms with Crippen molar-refractivity contribution in [2.45, 2.75) is 13.5 Å². The highest BCUT2D eigenvalue weighted by Crippen LogP contribution is 2.12. The highest BCUT2D eigenvalue weighted by atomic mass is 16.2. The van der Waals surface area contributed by atoms with E-state index in [2.05, 4.69) is 17.2 Å². The van der Waals surface area contributed by atoms with Gasteiger partial charge in [-0.2, -0.15) is 0 Å². The Morgan fingerprint density at radius 3 is 2.36 bits per heavy atom. The molecule has 5 heteroatoms. The number of carbonyl (C=O) groups is 2. The van der Waals surface area contributed by atoms with Gasteiger partial charge in [0.2, 0.25) is 0 Å². The predicted molar refractivity (Wildman–Crippen MR) is 101 cm³/mol. The Morgan fingerprint density at radius 2 is 1.76 bits per heavy atom. The maximum atomic E-state index is 12.5. The molecule has 3 amide bonds. The number of anilines is 1. The molecule has 2 aromatic rings. The third-order valence-corrected chi connectivity index (χ3v) is 3.59. The van der Waals surface area contributed by atoms with Gasteiger partial charge in [0, 0.05) is 30.9 Å². The maximum Gasteiger partial charge on any atom is 0.322 e. The fourth-order valence-corrected chi connectivity index (χ4v) is 2.35. The first-order chi connectivity index (χ1) is 12.1. The standard InChI is InChI=1S/C20H23N3O2/c1-3-14-23(15-16-8-6-5-7-9-16)20(25)22-18-12-10-17(11-13-18)19(24)21-4-2/h3,5-13H,1,4,14-15H2,2H3,(H,21,24)(H,22,25). The van der Waals surface area contributed by atoms with Gasteiger partial charge < -0.3 is 15.5 Å². The van der Waals surface area contributed by atoms with Crippen LogP contribution in [-0.2, 0) is 6.54 Å². The molecule has 130 valence electrons. The van der Waals surface area contributed by atoms with E-state index in [1.54, 1.807) is 35.2 Å². The van der Waals surface area contributed by atoms with Crippen LogP contribution < -0.4 is 10.6 Å². The second-order valence-corrected chi connectivity index (χ2v) is 5.52. The number of rotatable bonds is 7. The lowest BCUT2D eigenvalue weighted by Crippen LogP contribution is -2.34. The number of nitrogens with zero attached hydrogens (tertiary/aromatic N) is 1. The molecule has 0 unspecified atom stereocenters. The first-order valence-corrected chi connectivity index (χ1v) is 8.23. The van der Waals surface area contributed by atoms with E-state index < -0.39 is 0 Å². The van der Waals surface area contributed by atoms with Crippen LogP contribution >= 0.6 is 0 Å². The molecular weight excluding hydrogens is 314 g/mol. The Morgan fingerprint density at radius 1 is 1.08 bits per heavy atom. The van der Waals surface area contributed by atoms with E-state index in [4.69, 9.17) is 0 Å². The molecule has 0 fully saturated rings. The van der Waals surface area contributed by atoms with Crippen LogP contribution in [0, 0.1) is 0 Å². The Hall–Kier alpha value is -3.08. The Labute approximate surface area is 148 Å². The molecule has 5 nitrogen and oxygen atoms in total. The molecule has 0 spiro atoms.